The highest BCUT2D eigenvalue weighted by molar-refractivity contribution is 5.00. The zero-order valence-electron chi connectivity index (χ0n) is 10.6. The van der Waals surface area contributed by atoms with Gasteiger partial charge in [0.2, 0.25) is 0 Å². The summed E-state index contributed by atoms with van der Waals surface area (Å²) in [6, 6.07) is 2.59. The molecule has 3 aliphatic rings. The monoisotopic (exact) mass is 222 g/mol. The first-order valence-corrected chi connectivity index (χ1v) is 7.38. The third-order valence-corrected chi connectivity index (χ3v) is 4.87. The average Bonchev–Trinajstić information content (AvgIpc) is 2.89. The molecule has 3 fully saturated rings. The fourth-order valence-electron chi connectivity index (χ4n) is 3.86. The van der Waals surface area contributed by atoms with Crippen molar-refractivity contribution >= 4 is 0 Å². The highest BCUT2D eigenvalue weighted by Gasteiger charge is 2.42. The lowest BCUT2D eigenvalue weighted by Gasteiger charge is -2.32. The Morgan fingerprint density at radius 1 is 1.12 bits per heavy atom. The van der Waals surface area contributed by atoms with Gasteiger partial charge in [-0.25, -0.2) is 0 Å². The van der Waals surface area contributed by atoms with Gasteiger partial charge in [-0.2, -0.15) is 0 Å². The first-order valence-electron chi connectivity index (χ1n) is 7.38. The second-order valence-corrected chi connectivity index (χ2v) is 6.05. The average molecular weight is 222 g/mol. The summed E-state index contributed by atoms with van der Waals surface area (Å²) in [7, 11) is 0. The van der Waals surface area contributed by atoms with Crippen LogP contribution in [0.15, 0.2) is 0 Å². The molecule has 2 nitrogen and oxygen atoms in total. The molecule has 1 aliphatic carbocycles. The van der Waals surface area contributed by atoms with Crippen molar-refractivity contribution in [1.29, 1.82) is 0 Å². The number of nitrogens with zero attached hydrogens (tertiary/aromatic N) is 1. The van der Waals surface area contributed by atoms with Crippen LogP contribution in [-0.4, -0.2) is 36.1 Å². The summed E-state index contributed by atoms with van der Waals surface area (Å²) in [5, 5.41) is 3.95. The number of rotatable bonds is 4. The van der Waals surface area contributed by atoms with Crippen molar-refractivity contribution in [2.75, 3.05) is 13.1 Å². The molecule has 4 unspecified atom stereocenters. The molecular weight excluding hydrogens is 196 g/mol. The van der Waals surface area contributed by atoms with Crippen LogP contribution in [0.25, 0.3) is 0 Å². The van der Waals surface area contributed by atoms with Gasteiger partial charge in [0.1, 0.15) is 0 Å². The molecule has 0 aromatic rings. The maximum atomic E-state index is 3.95. The number of piperidine rings is 1. The first-order chi connectivity index (χ1) is 7.88. The summed E-state index contributed by atoms with van der Waals surface area (Å²) in [5.41, 5.74) is 0. The topological polar surface area (TPSA) is 15.3 Å². The van der Waals surface area contributed by atoms with Crippen molar-refractivity contribution in [2.24, 2.45) is 5.92 Å². The van der Waals surface area contributed by atoms with E-state index in [1.54, 1.807) is 0 Å². The van der Waals surface area contributed by atoms with E-state index in [0.29, 0.717) is 0 Å². The number of hydrogen-bond donors (Lipinski definition) is 1. The summed E-state index contributed by atoms with van der Waals surface area (Å²) in [4.78, 5) is 2.73. The third kappa shape index (κ3) is 2.14. The SMILES string of the molecule is CCCC1CC1NC1CCN2CCCCC12. The van der Waals surface area contributed by atoms with Gasteiger partial charge in [0.05, 0.1) is 0 Å². The van der Waals surface area contributed by atoms with Crippen LogP contribution in [0.4, 0.5) is 0 Å². The van der Waals surface area contributed by atoms with Crippen LogP contribution in [-0.2, 0) is 0 Å². The second-order valence-electron chi connectivity index (χ2n) is 6.05. The summed E-state index contributed by atoms with van der Waals surface area (Å²) < 4.78 is 0. The summed E-state index contributed by atoms with van der Waals surface area (Å²) >= 11 is 0. The Hall–Kier alpha value is -0.0800. The van der Waals surface area contributed by atoms with Gasteiger partial charge in [0, 0.05) is 24.7 Å². The van der Waals surface area contributed by atoms with Crippen molar-refractivity contribution in [3.63, 3.8) is 0 Å². The predicted octanol–water partition coefficient (Wildman–Crippen LogP) is 2.39. The Labute approximate surface area is 99.8 Å². The van der Waals surface area contributed by atoms with E-state index in [9.17, 15) is 0 Å². The molecule has 1 N–H and O–H groups in total. The van der Waals surface area contributed by atoms with E-state index < -0.39 is 0 Å². The fraction of sp³-hybridized carbons (Fsp3) is 1.00. The molecule has 16 heavy (non-hydrogen) atoms. The Morgan fingerprint density at radius 2 is 2.06 bits per heavy atom. The molecule has 1 saturated carbocycles. The van der Waals surface area contributed by atoms with Gasteiger partial charge in [-0.15, -0.1) is 0 Å². The van der Waals surface area contributed by atoms with Crippen molar-refractivity contribution < 1.29 is 0 Å². The molecule has 4 atom stereocenters. The van der Waals surface area contributed by atoms with E-state index in [0.717, 1.165) is 24.0 Å². The smallest absolute Gasteiger partial charge is 0.0249 e. The van der Waals surface area contributed by atoms with Crippen LogP contribution >= 0.6 is 0 Å². The molecular formula is C14H26N2. The van der Waals surface area contributed by atoms with Crippen LogP contribution in [0, 0.1) is 5.92 Å². The van der Waals surface area contributed by atoms with Crippen LogP contribution in [0.3, 0.4) is 0 Å². The van der Waals surface area contributed by atoms with Gasteiger partial charge < -0.3 is 5.32 Å². The van der Waals surface area contributed by atoms with E-state index in [1.807, 2.05) is 0 Å². The standard InChI is InChI=1S/C14H26N2/c1-2-5-11-10-13(11)15-12-7-9-16-8-4-3-6-14(12)16/h11-15H,2-10H2,1H3. The van der Waals surface area contributed by atoms with Crippen LogP contribution < -0.4 is 5.32 Å². The molecule has 0 aromatic heterocycles. The second kappa shape index (κ2) is 4.66. The minimum absolute atomic E-state index is 0.826. The molecule has 2 heteroatoms. The van der Waals surface area contributed by atoms with Crippen LogP contribution in [0.1, 0.15) is 51.9 Å². The lowest BCUT2D eigenvalue weighted by Crippen LogP contribution is -2.45. The lowest BCUT2D eigenvalue weighted by atomic mass is 9.99. The largest absolute Gasteiger partial charge is 0.309 e. The summed E-state index contributed by atoms with van der Waals surface area (Å²) in [6.45, 7) is 5.03. The molecule has 0 spiro atoms. The zero-order valence-corrected chi connectivity index (χ0v) is 10.6. The van der Waals surface area contributed by atoms with E-state index in [-0.39, 0.29) is 0 Å². The maximum absolute atomic E-state index is 3.95. The van der Waals surface area contributed by atoms with Crippen LogP contribution in [0.5, 0.6) is 0 Å². The number of hydrogen-bond acceptors (Lipinski definition) is 2. The zero-order chi connectivity index (χ0) is 11.0. The van der Waals surface area contributed by atoms with Crippen molar-refractivity contribution in [3.05, 3.63) is 0 Å². The highest BCUT2D eigenvalue weighted by Crippen LogP contribution is 2.37. The minimum atomic E-state index is 0.826. The van der Waals surface area contributed by atoms with E-state index in [4.69, 9.17) is 0 Å². The molecule has 0 bridgehead atoms. The fourth-order valence-corrected chi connectivity index (χ4v) is 3.86. The Bertz CT molecular complexity index is 241. The summed E-state index contributed by atoms with van der Waals surface area (Å²) in [5.74, 6) is 1.02. The molecule has 92 valence electrons. The maximum Gasteiger partial charge on any atom is 0.0249 e. The van der Waals surface area contributed by atoms with Crippen molar-refractivity contribution in [1.82, 2.24) is 10.2 Å². The predicted molar refractivity (Wildman–Crippen MR) is 67.6 cm³/mol. The molecule has 2 aliphatic heterocycles. The van der Waals surface area contributed by atoms with Crippen molar-refractivity contribution in [2.45, 2.75) is 70.0 Å². The normalized spacial score (nSPS) is 43.3. The molecule has 2 saturated heterocycles. The first kappa shape index (κ1) is 11.0. The van der Waals surface area contributed by atoms with Gasteiger partial charge in [0.15, 0.2) is 0 Å². The Morgan fingerprint density at radius 3 is 2.94 bits per heavy atom. The highest BCUT2D eigenvalue weighted by atomic mass is 15.2. The third-order valence-electron chi connectivity index (χ3n) is 4.87. The van der Waals surface area contributed by atoms with Gasteiger partial charge in [-0.05, 0) is 44.6 Å². The van der Waals surface area contributed by atoms with Gasteiger partial charge >= 0.3 is 0 Å². The molecule has 0 amide bonds. The van der Waals surface area contributed by atoms with Gasteiger partial charge in [-0.3, -0.25) is 4.90 Å². The molecule has 0 radical (unpaired) electrons. The van der Waals surface area contributed by atoms with Gasteiger partial charge in [-0.1, -0.05) is 19.8 Å². The van der Waals surface area contributed by atoms with Crippen LogP contribution in [0.2, 0.25) is 0 Å². The van der Waals surface area contributed by atoms with E-state index in [1.165, 1.54) is 58.0 Å². The number of fused-ring (bicyclic) bond motifs is 1. The minimum Gasteiger partial charge on any atom is -0.309 e. The number of nitrogens with one attached hydrogen (secondary N) is 1. The lowest BCUT2D eigenvalue weighted by molar-refractivity contribution is 0.179. The molecule has 0 aromatic carbocycles. The van der Waals surface area contributed by atoms with Gasteiger partial charge in [0.25, 0.3) is 0 Å². The molecule has 2 heterocycles. The van der Waals surface area contributed by atoms with E-state index in [2.05, 4.69) is 17.1 Å². The van der Waals surface area contributed by atoms with E-state index >= 15 is 0 Å². The Balaban J connectivity index is 1.49. The quantitative estimate of drug-likeness (QED) is 0.786. The van der Waals surface area contributed by atoms with Crippen molar-refractivity contribution in [3.8, 4) is 0 Å². The molecule has 3 rings (SSSR count). The Kier molecular flexibility index (Phi) is 3.21. The summed E-state index contributed by atoms with van der Waals surface area (Å²) in [6.07, 6.45) is 10.0.